The highest BCUT2D eigenvalue weighted by atomic mass is 79.9. The average molecular weight is 319 g/mol. The average Bonchev–Trinajstić information content (AvgIpc) is 2.10. The lowest BCUT2D eigenvalue weighted by atomic mass is 10.2. The van der Waals surface area contributed by atoms with Crippen molar-refractivity contribution < 1.29 is 0 Å². The Bertz CT molecular complexity index is 324. The molecular formula is C11H13Br2N. The molecule has 1 unspecified atom stereocenters. The summed E-state index contributed by atoms with van der Waals surface area (Å²) in [6, 6.07) is 4.43. The molecule has 1 N–H and O–H groups in total. The number of anilines is 1. The van der Waals surface area contributed by atoms with Crippen LogP contribution in [0.3, 0.4) is 0 Å². The molecule has 0 aliphatic heterocycles. The first-order valence-corrected chi connectivity index (χ1v) is 5.98. The van der Waals surface area contributed by atoms with E-state index in [1.807, 2.05) is 6.08 Å². The van der Waals surface area contributed by atoms with E-state index in [1.54, 1.807) is 0 Å². The molecule has 0 heterocycles. The predicted molar refractivity (Wildman–Crippen MR) is 69.9 cm³/mol. The second-order valence-corrected chi connectivity index (χ2v) is 4.98. The Morgan fingerprint density at radius 3 is 2.29 bits per heavy atom. The monoisotopic (exact) mass is 317 g/mol. The molecule has 0 aliphatic carbocycles. The fourth-order valence-electron chi connectivity index (χ4n) is 1.12. The van der Waals surface area contributed by atoms with Gasteiger partial charge in [-0.1, -0.05) is 6.08 Å². The van der Waals surface area contributed by atoms with E-state index in [1.165, 1.54) is 5.56 Å². The highest BCUT2D eigenvalue weighted by molar-refractivity contribution is 9.11. The first-order valence-electron chi connectivity index (χ1n) is 4.39. The van der Waals surface area contributed by atoms with Gasteiger partial charge in [0.25, 0.3) is 0 Å². The van der Waals surface area contributed by atoms with Crippen LogP contribution in [0.5, 0.6) is 0 Å². The summed E-state index contributed by atoms with van der Waals surface area (Å²) in [5, 5.41) is 3.34. The smallest absolute Gasteiger partial charge is 0.0633 e. The van der Waals surface area contributed by atoms with Crippen LogP contribution in [0.2, 0.25) is 0 Å². The van der Waals surface area contributed by atoms with Gasteiger partial charge in [-0.2, -0.15) is 0 Å². The quantitative estimate of drug-likeness (QED) is 0.809. The van der Waals surface area contributed by atoms with Gasteiger partial charge in [0.15, 0.2) is 0 Å². The molecule has 0 aromatic heterocycles. The molecule has 1 nitrogen and oxygen atoms in total. The van der Waals surface area contributed by atoms with E-state index in [0.717, 1.165) is 14.6 Å². The van der Waals surface area contributed by atoms with Crippen LogP contribution in [0.1, 0.15) is 12.5 Å². The van der Waals surface area contributed by atoms with Gasteiger partial charge in [0, 0.05) is 15.0 Å². The largest absolute Gasteiger partial charge is 0.377 e. The van der Waals surface area contributed by atoms with E-state index in [-0.39, 0.29) is 6.04 Å². The first kappa shape index (κ1) is 11.8. The maximum absolute atomic E-state index is 3.74. The van der Waals surface area contributed by atoms with E-state index < -0.39 is 0 Å². The van der Waals surface area contributed by atoms with Crippen molar-refractivity contribution in [2.45, 2.75) is 19.9 Å². The Hall–Kier alpha value is -0.280. The third-order valence-corrected chi connectivity index (χ3v) is 3.16. The molecule has 3 heteroatoms. The zero-order valence-corrected chi connectivity index (χ0v) is 11.4. The summed E-state index contributed by atoms with van der Waals surface area (Å²) >= 11 is 7.06. The number of benzene rings is 1. The van der Waals surface area contributed by atoms with Crippen LogP contribution in [0, 0.1) is 6.92 Å². The van der Waals surface area contributed by atoms with E-state index in [9.17, 15) is 0 Å². The molecule has 76 valence electrons. The Labute approximate surface area is 102 Å². The number of aryl methyl sites for hydroxylation is 1. The number of nitrogens with one attached hydrogen (secondary N) is 1. The van der Waals surface area contributed by atoms with E-state index >= 15 is 0 Å². The van der Waals surface area contributed by atoms with Gasteiger partial charge < -0.3 is 5.32 Å². The summed E-state index contributed by atoms with van der Waals surface area (Å²) in [4.78, 5) is 0. The molecule has 0 spiro atoms. The van der Waals surface area contributed by atoms with Crippen molar-refractivity contribution in [3.63, 3.8) is 0 Å². The van der Waals surface area contributed by atoms with Crippen molar-refractivity contribution in [2.75, 3.05) is 5.32 Å². The Kier molecular flexibility index (Phi) is 4.20. The minimum absolute atomic E-state index is 0.255. The van der Waals surface area contributed by atoms with Crippen LogP contribution >= 0.6 is 31.9 Å². The maximum Gasteiger partial charge on any atom is 0.0633 e. The topological polar surface area (TPSA) is 12.0 Å². The van der Waals surface area contributed by atoms with Gasteiger partial charge in [-0.05, 0) is 63.4 Å². The van der Waals surface area contributed by atoms with Crippen LogP contribution in [0.15, 0.2) is 33.7 Å². The van der Waals surface area contributed by atoms with Gasteiger partial charge in [-0.25, -0.2) is 0 Å². The number of rotatable bonds is 3. The molecular weight excluding hydrogens is 306 g/mol. The second kappa shape index (κ2) is 4.99. The van der Waals surface area contributed by atoms with Crippen molar-refractivity contribution in [3.8, 4) is 0 Å². The van der Waals surface area contributed by atoms with Crippen LogP contribution in [-0.2, 0) is 0 Å². The summed E-state index contributed by atoms with van der Waals surface area (Å²) in [5.41, 5.74) is 2.29. The molecule has 1 rings (SSSR count). The molecule has 0 fully saturated rings. The molecule has 0 amide bonds. The van der Waals surface area contributed by atoms with Gasteiger partial charge in [-0.15, -0.1) is 6.58 Å². The standard InChI is InChI=1S/C11H13Br2N/c1-4-8(3)14-11-9(12)5-7(2)6-10(11)13/h4-6,8,14H,1H2,2-3H3. The van der Waals surface area contributed by atoms with E-state index in [0.29, 0.717) is 0 Å². The number of halogens is 2. The van der Waals surface area contributed by atoms with Gasteiger partial charge in [-0.3, -0.25) is 0 Å². The van der Waals surface area contributed by atoms with Gasteiger partial charge >= 0.3 is 0 Å². The van der Waals surface area contributed by atoms with Gasteiger partial charge in [0.2, 0.25) is 0 Å². The van der Waals surface area contributed by atoms with Crippen LogP contribution < -0.4 is 5.32 Å². The molecule has 0 saturated heterocycles. The zero-order valence-electron chi connectivity index (χ0n) is 8.27. The lowest BCUT2D eigenvalue weighted by Crippen LogP contribution is -2.12. The van der Waals surface area contributed by atoms with Crippen LogP contribution in [0.4, 0.5) is 5.69 Å². The van der Waals surface area contributed by atoms with Crippen molar-refractivity contribution >= 4 is 37.5 Å². The SMILES string of the molecule is C=CC(C)Nc1c(Br)cc(C)cc1Br. The summed E-state index contributed by atoms with van der Waals surface area (Å²) in [7, 11) is 0. The summed E-state index contributed by atoms with van der Waals surface area (Å²) in [5.74, 6) is 0. The number of hydrogen-bond donors (Lipinski definition) is 1. The third-order valence-electron chi connectivity index (χ3n) is 1.91. The molecule has 0 aliphatic rings. The Balaban J connectivity index is 3.02. The van der Waals surface area contributed by atoms with Crippen molar-refractivity contribution in [2.24, 2.45) is 0 Å². The number of hydrogen-bond acceptors (Lipinski definition) is 1. The van der Waals surface area contributed by atoms with Gasteiger partial charge in [0.05, 0.1) is 5.69 Å². The normalized spacial score (nSPS) is 12.3. The fraction of sp³-hybridized carbons (Fsp3) is 0.273. The molecule has 14 heavy (non-hydrogen) atoms. The van der Waals surface area contributed by atoms with Crippen molar-refractivity contribution in [1.29, 1.82) is 0 Å². The van der Waals surface area contributed by atoms with E-state index in [4.69, 9.17) is 0 Å². The fourth-order valence-corrected chi connectivity index (χ4v) is 2.77. The molecule has 1 aromatic carbocycles. The lowest BCUT2D eigenvalue weighted by molar-refractivity contribution is 0.997. The third kappa shape index (κ3) is 2.85. The molecule has 0 bridgehead atoms. The Morgan fingerprint density at radius 1 is 1.36 bits per heavy atom. The summed E-state index contributed by atoms with van der Waals surface area (Å²) in [6.07, 6.45) is 1.87. The predicted octanol–water partition coefficient (Wildman–Crippen LogP) is 4.51. The molecule has 1 atom stereocenters. The van der Waals surface area contributed by atoms with Crippen LogP contribution in [0.25, 0.3) is 0 Å². The molecule has 0 radical (unpaired) electrons. The molecule has 1 aromatic rings. The summed E-state index contributed by atoms with van der Waals surface area (Å²) < 4.78 is 2.14. The minimum atomic E-state index is 0.255. The lowest BCUT2D eigenvalue weighted by Gasteiger charge is -2.15. The second-order valence-electron chi connectivity index (χ2n) is 3.27. The zero-order chi connectivity index (χ0) is 10.7. The Morgan fingerprint density at radius 2 is 1.86 bits per heavy atom. The van der Waals surface area contributed by atoms with Crippen molar-refractivity contribution in [1.82, 2.24) is 0 Å². The van der Waals surface area contributed by atoms with E-state index in [2.05, 4.69) is 69.7 Å². The van der Waals surface area contributed by atoms with Crippen molar-refractivity contribution in [3.05, 3.63) is 39.3 Å². The minimum Gasteiger partial charge on any atom is -0.377 e. The maximum atomic E-state index is 3.74. The van der Waals surface area contributed by atoms with Crippen LogP contribution in [-0.4, -0.2) is 6.04 Å². The highest BCUT2D eigenvalue weighted by Gasteiger charge is 2.07. The highest BCUT2D eigenvalue weighted by Crippen LogP contribution is 2.32. The van der Waals surface area contributed by atoms with Gasteiger partial charge in [0.1, 0.15) is 0 Å². The summed E-state index contributed by atoms with van der Waals surface area (Å²) in [6.45, 7) is 7.87. The first-order chi connectivity index (χ1) is 6.54. The molecule has 0 saturated carbocycles.